The topological polar surface area (TPSA) is 82.2 Å². The van der Waals surface area contributed by atoms with Crippen molar-refractivity contribution < 1.29 is 4.39 Å². The molecule has 0 fully saturated rings. The molecule has 2 heterocycles. The zero-order valence-corrected chi connectivity index (χ0v) is 14.4. The van der Waals surface area contributed by atoms with Gasteiger partial charge in [0.15, 0.2) is 0 Å². The maximum Gasteiger partial charge on any atom is 0.123 e. The summed E-state index contributed by atoms with van der Waals surface area (Å²) in [7, 11) is 1.86. The van der Waals surface area contributed by atoms with Crippen molar-refractivity contribution in [3.63, 3.8) is 0 Å². The van der Waals surface area contributed by atoms with E-state index in [0.29, 0.717) is 6.42 Å². The molecule has 2 atom stereocenters. The highest BCUT2D eigenvalue weighted by Gasteiger charge is 2.38. The van der Waals surface area contributed by atoms with Crippen molar-refractivity contribution in [3.05, 3.63) is 71.7 Å². The molecule has 1 aliphatic rings. The molecule has 0 spiro atoms. The number of benzene rings is 2. The van der Waals surface area contributed by atoms with Gasteiger partial charge < -0.3 is 11.5 Å². The summed E-state index contributed by atoms with van der Waals surface area (Å²) in [5.74, 6) is -0.263. The number of aliphatic imine (C=N–C) groups is 1. The lowest BCUT2D eigenvalue weighted by Gasteiger charge is -2.36. The van der Waals surface area contributed by atoms with Crippen LogP contribution in [0.5, 0.6) is 0 Å². The van der Waals surface area contributed by atoms with Gasteiger partial charge in [-0.25, -0.2) is 4.39 Å². The minimum absolute atomic E-state index is 0.263. The molecule has 2 unspecified atom stereocenters. The number of aryl methyl sites for hydroxylation is 1. The molecule has 0 radical (unpaired) electrons. The quantitative estimate of drug-likeness (QED) is 0.763. The van der Waals surface area contributed by atoms with Crippen molar-refractivity contribution in [2.75, 3.05) is 0 Å². The summed E-state index contributed by atoms with van der Waals surface area (Å²) < 4.78 is 15.0. The molecule has 132 valence electrons. The number of nitrogens with two attached hydrogens (primary N) is 2. The fourth-order valence-electron chi connectivity index (χ4n) is 3.47. The Morgan fingerprint density at radius 3 is 2.65 bits per heavy atom. The van der Waals surface area contributed by atoms with Crippen molar-refractivity contribution in [2.24, 2.45) is 23.5 Å². The molecule has 0 bridgehead atoms. The Morgan fingerprint density at radius 1 is 1.15 bits per heavy atom. The molecule has 1 aromatic heterocycles. The Hall–Kier alpha value is -2.83. The Balaban J connectivity index is 1.70. The van der Waals surface area contributed by atoms with E-state index in [9.17, 15) is 4.39 Å². The molecule has 0 amide bonds. The normalized spacial score (nSPS) is 21.6. The maximum absolute atomic E-state index is 13.2. The first-order chi connectivity index (χ1) is 12.5. The van der Waals surface area contributed by atoms with Crippen LogP contribution < -0.4 is 11.5 Å². The SMILES string of the molecule is Cn1nc(CC2(N)c3ccccc3N=CC2N)cc1-c1ccc(F)cc1. The zero-order valence-electron chi connectivity index (χ0n) is 14.4. The zero-order chi connectivity index (χ0) is 18.3. The van der Waals surface area contributed by atoms with Crippen LogP contribution in [0.3, 0.4) is 0 Å². The Morgan fingerprint density at radius 2 is 1.88 bits per heavy atom. The van der Waals surface area contributed by atoms with Gasteiger partial charge >= 0.3 is 0 Å². The second kappa shape index (κ2) is 6.16. The van der Waals surface area contributed by atoms with E-state index < -0.39 is 11.6 Å². The second-order valence-electron chi connectivity index (χ2n) is 6.69. The standard InChI is InChI=1S/C20H20FN5/c1-26-18(13-6-8-14(21)9-7-13)10-15(25-26)11-20(23)16-4-2-3-5-17(16)24-12-19(20)22/h2-10,12,19H,11,22-23H2,1H3. The summed E-state index contributed by atoms with van der Waals surface area (Å²) in [6, 6.07) is 15.7. The molecule has 0 saturated heterocycles. The van der Waals surface area contributed by atoms with Gasteiger partial charge in [-0.05, 0) is 47.5 Å². The smallest absolute Gasteiger partial charge is 0.123 e. The molecule has 4 rings (SSSR count). The van der Waals surface area contributed by atoms with Crippen molar-refractivity contribution in [2.45, 2.75) is 18.0 Å². The van der Waals surface area contributed by atoms with Crippen molar-refractivity contribution in [1.82, 2.24) is 9.78 Å². The minimum Gasteiger partial charge on any atom is -0.321 e. The third kappa shape index (κ3) is 2.73. The van der Waals surface area contributed by atoms with E-state index >= 15 is 0 Å². The van der Waals surface area contributed by atoms with Crippen molar-refractivity contribution in [3.8, 4) is 11.3 Å². The van der Waals surface area contributed by atoms with Crippen molar-refractivity contribution in [1.29, 1.82) is 0 Å². The summed E-state index contributed by atoms with van der Waals surface area (Å²) in [5, 5.41) is 4.60. The largest absolute Gasteiger partial charge is 0.321 e. The van der Waals surface area contributed by atoms with Gasteiger partial charge in [-0.15, -0.1) is 0 Å². The van der Waals surface area contributed by atoms with Crippen LogP contribution in [-0.4, -0.2) is 22.0 Å². The third-order valence-electron chi connectivity index (χ3n) is 4.92. The summed E-state index contributed by atoms with van der Waals surface area (Å²) in [5.41, 5.74) is 16.6. The van der Waals surface area contributed by atoms with E-state index in [4.69, 9.17) is 11.5 Å². The molecule has 2 aromatic carbocycles. The molecule has 3 aromatic rings. The molecule has 0 saturated carbocycles. The highest BCUT2D eigenvalue weighted by atomic mass is 19.1. The number of halogens is 1. The fourth-order valence-corrected chi connectivity index (χ4v) is 3.47. The van der Waals surface area contributed by atoms with E-state index in [2.05, 4.69) is 10.1 Å². The number of fused-ring (bicyclic) bond motifs is 1. The third-order valence-corrected chi connectivity index (χ3v) is 4.92. The lowest BCUT2D eigenvalue weighted by molar-refractivity contribution is 0.404. The van der Waals surface area contributed by atoms with Gasteiger partial charge in [0.2, 0.25) is 0 Å². The average Bonchev–Trinajstić information content (AvgIpc) is 2.99. The van der Waals surface area contributed by atoms with Crippen LogP contribution in [0.15, 0.2) is 59.6 Å². The molecule has 5 nitrogen and oxygen atoms in total. The van der Waals surface area contributed by atoms with E-state index in [-0.39, 0.29) is 5.82 Å². The van der Waals surface area contributed by atoms with Crippen LogP contribution in [0.2, 0.25) is 0 Å². The summed E-state index contributed by atoms with van der Waals surface area (Å²) in [4.78, 5) is 4.40. The predicted octanol–water partition coefficient (Wildman–Crippen LogP) is 2.67. The number of hydrogen-bond acceptors (Lipinski definition) is 4. The van der Waals surface area contributed by atoms with Crippen LogP contribution in [0.1, 0.15) is 11.3 Å². The van der Waals surface area contributed by atoms with Gasteiger partial charge in [0.05, 0.1) is 28.7 Å². The molecular formula is C20H20FN5. The van der Waals surface area contributed by atoms with Gasteiger partial charge in [0.1, 0.15) is 5.82 Å². The molecule has 26 heavy (non-hydrogen) atoms. The first kappa shape index (κ1) is 16.6. The molecular weight excluding hydrogens is 329 g/mol. The second-order valence-corrected chi connectivity index (χ2v) is 6.69. The first-order valence-corrected chi connectivity index (χ1v) is 8.44. The summed E-state index contributed by atoms with van der Waals surface area (Å²) in [6.45, 7) is 0. The van der Waals surface area contributed by atoms with Crippen LogP contribution >= 0.6 is 0 Å². The number of hydrogen-bond donors (Lipinski definition) is 2. The lowest BCUT2D eigenvalue weighted by atomic mass is 9.78. The number of nitrogens with zero attached hydrogens (tertiary/aromatic N) is 3. The number of aromatic nitrogens is 2. The Labute approximate surface area is 151 Å². The van der Waals surface area contributed by atoms with E-state index in [1.165, 1.54) is 12.1 Å². The van der Waals surface area contributed by atoms with Gasteiger partial charge in [0.25, 0.3) is 0 Å². The predicted molar refractivity (Wildman–Crippen MR) is 101 cm³/mol. The van der Waals surface area contributed by atoms with Crippen LogP contribution in [0, 0.1) is 5.82 Å². The monoisotopic (exact) mass is 349 g/mol. The van der Waals surface area contributed by atoms with Crippen LogP contribution in [0.4, 0.5) is 10.1 Å². The average molecular weight is 349 g/mol. The van der Waals surface area contributed by atoms with Crippen LogP contribution in [-0.2, 0) is 19.0 Å². The summed E-state index contributed by atoms with van der Waals surface area (Å²) >= 11 is 0. The fraction of sp³-hybridized carbons (Fsp3) is 0.200. The molecule has 4 N–H and O–H groups in total. The number of para-hydroxylation sites is 1. The first-order valence-electron chi connectivity index (χ1n) is 8.44. The summed E-state index contributed by atoms with van der Waals surface area (Å²) in [6.07, 6.45) is 2.18. The lowest BCUT2D eigenvalue weighted by Crippen LogP contribution is -2.56. The van der Waals surface area contributed by atoms with Gasteiger partial charge in [-0.1, -0.05) is 18.2 Å². The van der Waals surface area contributed by atoms with Gasteiger partial charge in [-0.2, -0.15) is 5.10 Å². The van der Waals surface area contributed by atoms with Gasteiger partial charge in [0, 0.05) is 19.7 Å². The molecule has 1 aliphatic heterocycles. The molecule has 0 aliphatic carbocycles. The van der Waals surface area contributed by atoms with Gasteiger partial charge in [-0.3, -0.25) is 9.67 Å². The maximum atomic E-state index is 13.2. The molecule has 6 heteroatoms. The Bertz CT molecular complexity index is 976. The number of rotatable bonds is 3. The highest BCUT2D eigenvalue weighted by Crippen LogP contribution is 2.36. The minimum atomic E-state index is -0.785. The highest BCUT2D eigenvalue weighted by molar-refractivity contribution is 5.77. The van der Waals surface area contributed by atoms with E-state index in [1.54, 1.807) is 23.0 Å². The van der Waals surface area contributed by atoms with E-state index in [0.717, 1.165) is 28.2 Å². The van der Waals surface area contributed by atoms with Crippen LogP contribution in [0.25, 0.3) is 11.3 Å². The Kier molecular flexibility index (Phi) is 3.94. The van der Waals surface area contributed by atoms with Crippen molar-refractivity contribution >= 4 is 11.9 Å². The van der Waals surface area contributed by atoms with E-state index in [1.807, 2.05) is 37.4 Å².